The van der Waals surface area contributed by atoms with Crippen LogP contribution in [0.5, 0.6) is 5.75 Å². The first-order chi connectivity index (χ1) is 10.6. The van der Waals surface area contributed by atoms with Gasteiger partial charge in [0.2, 0.25) is 11.8 Å². The summed E-state index contributed by atoms with van der Waals surface area (Å²) in [6.07, 6.45) is -0.135. The third-order valence-corrected chi connectivity index (χ3v) is 3.63. The molecule has 2 rings (SSSR count). The number of carbonyl (C=O) groups is 2. The number of piperazine rings is 1. The van der Waals surface area contributed by atoms with Gasteiger partial charge in [0.1, 0.15) is 12.2 Å². The highest BCUT2D eigenvalue weighted by molar-refractivity contribution is 6.04. The Morgan fingerprint density at radius 2 is 1.86 bits per heavy atom. The van der Waals surface area contributed by atoms with Crippen LogP contribution in [0.15, 0.2) is 24.3 Å². The summed E-state index contributed by atoms with van der Waals surface area (Å²) in [5.74, 6) is 0.181. The van der Waals surface area contributed by atoms with Gasteiger partial charge in [-0.25, -0.2) is 0 Å². The Hall–Kier alpha value is -2.08. The Balaban J connectivity index is 1.89. The van der Waals surface area contributed by atoms with E-state index < -0.39 is 0 Å². The highest BCUT2D eigenvalue weighted by Gasteiger charge is 2.21. The first-order valence-electron chi connectivity index (χ1n) is 7.58. The molecule has 0 radical (unpaired) electrons. The number of ether oxygens (including phenoxy) is 1. The first-order valence-corrected chi connectivity index (χ1v) is 7.58. The van der Waals surface area contributed by atoms with Crippen molar-refractivity contribution >= 4 is 17.5 Å². The summed E-state index contributed by atoms with van der Waals surface area (Å²) in [5.41, 5.74) is 0.598. The Morgan fingerprint density at radius 3 is 2.55 bits per heavy atom. The minimum absolute atomic E-state index is 0.125. The van der Waals surface area contributed by atoms with Crippen LogP contribution in [0.1, 0.15) is 13.3 Å². The number of hydrogen-bond acceptors (Lipinski definition) is 4. The Morgan fingerprint density at radius 1 is 1.18 bits per heavy atom. The van der Waals surface area contributed by atoms with Gasteiger partial charge in [-0.05, 0) is 26.1 Å². The fourth-order valence-corrected chi connectivity index (χ4v) is 2.35. The summed E-state index contributed by atoms with van der Waals surface area (Å²) in [7, 11) is 2.03. The second-order valence-electron chi connectivity index (χ2n) is 5.34. The molecular formula is C16H23N3O3. The average Bonchev–Trinajstić information content (AvgIpc) is 2.50. The largest absolute Gasteiger partial charge is 0.492 e. The van der Waals surface area contributed by atoms with Gasteiger partial charge in [-0.1, -0.05) is 12.1 Å². The molecule has 0 spiro atoms. The van der Waals surface area contributed by atoms with Crippen molar-refractivity contribution < 1.29 is 14.3 Å². The maximum Gasteiger partial charge on any atom is 0.233 e. The monoisotopic (exact) mass is 305 g/mol. The van der Waals surface area contributed by atoms with Crippen molar-refractivity contribution in [2.75, 3.05) is 45.2 Å². The lowest BCUT2D eigenvalue weighted by Gasteiger charge is -2.32. The Kier molecular flexibility index (Phi) is 5.77. The zero-order valence-corrected chi connectivity index (χ0v) is 13.2. The van der Waals surface area contributed by atoms with Gasteiger partial charge in [0.15, 0.2) is 0 Å². The van der Waals surface area contributed by atoms with E-state index in [1.54, 1.807) is 17.0 Å². The van der Waals surface area contributed by atoms with E-state index in [4.69, 9.17) is 4.74 Å². The molecule has 6 heteroatoms. The second-order valence-corrected chi connectivity index (χ2v) is 5.34. The van der Waals surface area contributed by atoms with E-state index in [1.807, 2.05) is 26.1 Å². The molecule has 1 fully saturated rings. The number of likely N-dealkylation sites (N-methyl/N-ethyl adjacent to an activating group) is 1. The molecule has 1 aliphatic rings. The van der Waals surface area contributed by atoms with Gasteiger partial charge in [0.25, 0.3) is 0 Å². The molecule has 1 N–H and O–H groups in total. The Labute approximate surface area is 131 Å². The molecule has 1 aromatic carbocycles. The van der Waals surface area contributed by atoms with Crippen LogP contribution in [0, 0.1) is 0 Å². The predicted molar refractivity (Wildman–Crippen MR) is 84.9 cm³/mol. The highest BCUT2D eigenvalue weighted by atomic mass is 16.5. The number of para-hydroxylation sites is 2. The SMILES string of the molecule is CCOc1ccccc1NC(=O)CC(=O)N1CCN(C)CC1. The number of rotatable bonds is 5. The van der Waals surface area contributed by atoms with Gasteiger partial charge in [-0.15, -0.1) is 0 Å². The third-order valence-electron chi connectivity index (χ3n) is 3.63. The van der Waals surface area contributed by atoms with Crippen molar-refractivity contribution in [1.29, 1.82) is 0 Å². The molecule has 0 bridgehead atoms. The number of hydrogen-bond donors (Lipinski definition) is 1. The molecular weight excluding hydrogens is 282 g/mol. The molecule has 1 saturated heterocycles. The van der Waals surface area contributed by atoms with Crippen LogP contribution in [0.2, 0.25) is 0 Å². The van der Waals surface area contributed by atoms with Crippen molar-refractivity contribution in [3.05, 3.63) is 24.3 Å². The minimum Gasteiger partial charge on any atom is -0.492 e. The second kappa shape index (κ2) is 7.79. The molecule has 1 aromatic rings. The molecule has 1 aliphatic heterocycles. The van der Waals surface area contributed by atoms with E-state index >= 15 is 0 Å². The van der Waals surface area contributed by atoms with E-state index in [-0.39, 0.29) is 18.2 Å². The zero-order valence-electron chi connectivity index (χ0n) is 13.2. The van der Waals surface area contributed by atoms with Crippen LogP contribution in [0.4, 0.5) is 5.69 Å². The average molecular weight is 305 g/mol. The standard InChI is InChI=1S/C16H23N3O3/c1-3-22-14-7-5-4-6-13(14)17-15(20)12-16(21)19-10-8-18(2)9-11-19/h4-7H,3,8-12H2,1-2H3,(H,17,20). The summed E-state index contributed by atoms with van der Waals surface area (Å²) < 4.78 is 5.46. The van der Waals surface area contributed by atoms with Gasteiger partial charge < -0.3 is 19.9 Å². The van der Waals surface area contributed by atoms with Crippen molar-refractivity contribution in [3.8, 4) is 5.75 Å². The number of anilines is 1. The fraction of sp³-hybridized carbons (Fsp3) is 0.500. The molecule has 120 valence electrons. The maximum absolute atomic E-state index is 12.1. The molecule has 0 unspecified atom stereocenters. The van der Waals surface area contributed by atoms with Crippen molar-refractivity contribution in [3.63, 3.8) is 0 Å². The topological polar surface area (TPSA) is 61.9 Å². The van der Waals surface area contributed by atoms with E-state index in [9.17, 15) is 9.59 Å². The molecule has 0 saturated carbocycles. The van der Waals surface area contributed by atoms with Crippen molar-refractivity contribution in [2.24, 2.45) is 0 Å². The van der Waals surface area contributed by atoms with Gasteiger partial charge in [0, 0.05) is 26.2 Å². The van der Waals surface area contributed by atoms with Gasteiger partial charge >= 0.3 is 0 Å². The zero-order chi connectivity index (χ0) is 15.9. The lowest BCUT2D eigenvalue weighted by Crippen LogP contribution is -2.47. The Bertz CT molecular complexity index is 525. The molecule has 1 heterocycles. The van der Waals surface area contributed by atoms with E-state index in [2.05, 4.69) is 10.2 Å². The number of amides is 2. The quantitative estimate of drug-likeness (QED) is 0.830. The van der Waals surface area contributed by atoms with Crippen LogP contribution in [-0.2, 0) is 9.59 Å². The smallest absolute Gasteiger partial charge is 0.233 e. The third kappa shape index (κ3) is 4.46. The van der Waals surface area contributed by atoms with E-state index in [0.29, 0.717) is 31.1 Å². The molecule has 6 nitrogen and oxygen atoms in total. The summed E-state index contributed by atoms with van der Waals surface area (Å²) in [6.45, 7) is 5.46. The normalized spacial score (nSPS) is 15.5. The van der Waals surface area contributed by atoms with Crippen molar-refractivity contribution in [2.45, 2.75) is 13.3 Å². The van der Waals surface area contributed by atoms with Crippen LogP contribution in [0.3, 0.4) is 0 Å². The van der Waals surface area contributed by atoms with Crippen molar-refractivity contribution in [1.82, 2.24) is 9.80 Å². The van der Waals surface area contributed by atoms with Crippen LogP contribution in [-0.4, -0.2) is 61.4 Å². The van der Waals surface area contributed by atoms with E-state index in [1.165, 1.54) is 0 Å². The maximum atomic E-state index is 12.1. The van der Waals surface area contributed by atoms with Gasteiger partial charge in [-0.2, -0.15) is 0 Å². The molecule has 0 atom stereocenters. The molecule has 22 heavy (non-hydrogen) atoms. The number of benzene rings is 1. The molecule has 0 aromatic heterocycles. The fourth-order valence-electron chi connectivity index (χ4n) is 2.35. The van der Waals surface area contributed by atoms with E-state index in [0.717, 1.165) is 13.1 Å². The summed E-state index contributed by atoms with van der Waals surface area (Å²) in [6, 6.07) is 7.22. The van der Waals surface area contributed by atoms with Gasteiger partial charge in [-0.3, -0.25) is 9.59 Å². The summed E-state index contributed by atoms with van der Waals surface area (Å²) in [4.78, 5) is 28.1. The lowest BCUT2D eigenvalue weighted by molar-refractivity contribution is -0.135. The van der Waals surface area contributed by atoms with Gasteiger partial charge in [0.05, 0.1) is 12.3 Å². The first kappa shape index (κ1) is 16.3. The lowest BCUT2D eigenvalue weighted by atomic mass is 10.2. The van der Waals surface area contributed by atoms with Crippen LogP contribution >= 0.6 is 0 Å². The highest BCUT2D eigenvalue weighted by Crippen LogP contribution is 2.23. The van der Waals surface area contributed by atoms with Crippen LogP contribution < -0.4 is 10.1 Å². The van der Waals surface area contributed by atoms with Crippen LogP contribution in [0.25, 0.3) is 0 Å². The number of nitrogens with zero attached hydrogens (tertiary/aromatic N) is 2. The number of nitrogens with one attached hydrogen (secondary N) is 1. The molecule has 0 aliphatic carbocycles. The summed E-state index contributed by atoms with van der Waals surface area (Å²) >= 11 is 0. The number of carbonyl (C=O) groups excluding carboxylic acids is 2. The molecule has 2 amide bonds. The minimum atomic E-state index is -0.309. The predicted octanol–water partition coefficient (Wildman–Crippen LogP) is 1.19. The summed E-state index contributed by atoms with van der Waals surface area (Å²) in [5, 5.41) is 2.75.